The molecule has 0 unspecified atom stereocenters. The highest BCUT2D eigenvalue weighted by atomic mass is 19.1. The predicted molar refractivity (Wildman–Crippen MR) is 96.2 cm³/mol. The van der Waals surface area contributed by atoms with Crippen LogP contribution in [0, 0.1) is 12.7 Å². The molecule has 26 heavy (non-hydrogen) atoms. The number of aromatic nitrogens is 2. The van der Waals surface area contributed by atoms with Gasteiger partial charge in [0.2, 0.25) is 0 Å². The summed E-state index contributed by atoms with van der Waals surface area (Å²) in [7, 11) is 1.59. The van der Waals surface area contributed by atoms with Crippen LogP contribution >= 0.6 is 0 Å². The van der Waals surface area contributed by atoms with Gasteiger partial charge in [0.05, 0.1) is 19.4 Å². The van der Waals surface area contributed by atoms with Gasteiger partial charge < -0.3 is 9.47 Å². The van der Waals surface area contributed by atoms with Crippen LogP contribution in [-0.2, 0) is 4.74 Å². The molecule has 3 rings (SSSR count). The monoisotopic (exact) mass is 354 g/mol. The van der Waals surface area contributed by atoms with E-state index in [1.54, 1.807) is 51.3 Å². The smallest absolute Gasteiger partial charge is 0.359 e. The molecule has 1 heterocycles. The van der Waals surface area contributed by atoms with Crippen LogP contribution in [0.2, 0.25) is 0 Å². The molecule has 0 atom stereocenters. The van der Waals surface area contributed by atoms with Gasteiger partial charge in [0.15, 0.2) is 5.69 Å². The van der Waals surface area contributed by atoms with Gasteiger partial charge >= 0.3 is 5.97 Å². The lowest BCUT2D eigenvalue weighted by Gasteiger charge is -2.10. The van der Waals surface area contributed by atoms with Crippen LogP contribution in [0.25, 0.3) is 16.9 Å². The zero-order valence-electron chi connectivity index (χ0n) is 14.8. The summed E-state index contributed by atoms with van der Waals surface area (Å²) < 4.78 is 26.1. The maximum absolute atomic E-state index is 14.4. The van der Waals surface area contributed by atoms with Crippen molar-refractivity contribution in [3.63, 3.8) is 0 Å². The minimum atomic E-state index is -0.533. The molecule has 0 bridgehead atoms. The van der Waals surface area contributed by atoms with Crippen molar-refractivity contribution in [2.45, 2.75) is 13.8 Å². The number of carbonyl (C=O) groups excluding carboxylic acids is 1. The zero-order valence-corrected chi connectivity index (χ0v) is 14.8. The van der Waals surface area contributed by atoms with E-state index >= 15 is 0 Å². The molecular formula is C20H19FN2O3. The van der Waals surface area contributed by atoms with E-state index in [4.69, 9.17) is 9.47 Å². The fraction of sp³-hybridized carbons (Fsp3) is 0.200. The van der Waals surface area contributed by atoms with E-state index in [2.05, 4.69) is 5.10 Å². The van der Waals surface area contributed by atoms with Crippen LogP contribution in [0.3, 0.4) is 0 Å². The zero-order chi connectivity index (χ0) is 18.7. The number of hydrogen-bond acceptors (Lipinski definition) is 4. The van der Waals surface area contributed by atoms with Gasteiger partial charge in [-0.15, -0.1) is 0 Å². The highest BCUT2D eigenvalue weighted by Gasteiger charge is 2.24. The molecule has 6 heteroatoms. The topological polar surface area (TPSA) is 53.3 Å². The van der Waals surface area contributed by atoms with Gasteiger partial charge in [0, 0.05) is 11.1 Å². The standard InChI is InChI=1S/C20H19FN2O3/c1-4-26-20(24)18-13(2)19(14-9-11-15(25-3)12-10-14)23(22-18)17-8-6-5-7-16(17)21/h5-12H,4H2,1-3H3. The second kappa shape index (κ2) is 7.39. The van der Waals surface area contributed by atoms with Gasteiger partial charge in [-0.1, -0.05) is 12.1 Å². The highest BCUT2D eigenvalue weighted by molar-refractivity contribution is 5.91. The molecule has 2 aromatic carbocycles. The molecule has 3 aromatic rings. The molecule has 0 saturated heterocycles. The molecule has 0 N–H and O–H groups in total. The summed E-state index contributed by atoms with van der Waals surface area (Å²) in [6.07, 6.45) is 0. The minimum absolute atomic E-state index is 0.168. The van der Waals surface area contributed by atoms with Gasteiger partial charge in [0.25, 0.3) is 0 Å². The van der Waals surface area contributed by atoms with Gasteiger partial charge in [-0.3, -0.25) is 0 Å². The Morgan fingerprint density at radius 1 is 1.15 bits per heavy atom. The van der Waals surface area contributed by atoms with Gasteiger partial charge in [-0.25, -0.2) is 13.9 Å². The molecule has 0 saturated carbocycles. The summed E-state index contributed by atoms with van der Waals surface area (Å²) in [5.41, 5.74) is 2.46. The second-order valence-corrected chi connectivity index (χ2v) is 5.63. The van der Waals surface area contributed by atoms with E-state index in [9.17, 15) is 9.18 Å². The normalized spacial score (nSPS) is 10.6. The Labute approximate surface area is 151 Å². The van der Waals surface area contributed by atoms with E-state index in [1.165, 1.54) is 10.7 Å². The van der Waals surface area contributed by atoms with Crippen molar-refractivity contribution in [2.75, 3.05) is 13.7 Å². The minimum Gasteiger partial charge on any atom is -0.497 e. The van der Waals surface area contributed by atoms with Crippen LogP contribution < -0.4 is 4.74 Å². The first kappa shape index (κ1) is 17.7. The Hall–Kier alpha value is -3.15. The predicted octanol–water partition coefficient (Wildman–Crippen LogP) is 4.17. The van der Waals surface area contributed by atoms with Crippen LogP contribution in [0.15, 0.2) is 48.5 Å². The van der Waals surface area contributed by atoms with Gasteiger partial charge in [-0.05, 0) is 50.2 Å². The Kier molecular flexibility index (Phi) is 5.02. The third kappa shape index (κ3) is 3.18. The molecule has 0 fully saturated rings. The molecule has 0 amide bonds. The quantitative estimate of drug-likeness (QED) is 0.645. The lowest BCUT2D eigenvalue weighted by atomic mass is 10.1. The van der Waals surface area contributed by atoms with E-state index < -0.39 is 11.8 Å². The first-order chi connectivity index (χ1) is 12.6. The molecule has 0 aliphatic heterocycles. The van der Waals surface area contributed by atoms with E-state index in [-0.39, 0.29) is 18.0 Å². The van der Waals surface area contributed by atoms with Crippen molar-refractivity contribution >= 4 is 5.97 Å². The van der Waals surface area contributed by atoms with Crippen molar-refractivity contribution < 1.29 is 18.7 Å². The summed E-state index contributed by atoms with van der Waals surface area (Å²) in [5, 5.41) is 4.35. The number of methoxy groups -OCH3 is 1. The molecule has 134 valence electrons. The second-order valence-electron chi connectivity index (χ2n) is 5.63. The number of carbonyl (C=O) groups is 1. The van der Waals surface area contributed by atoms with Crippen molar-refractivity contribution in [1.29, 1.82) is 0 Å². The molecule has 0 spiro atoms. The van der Waals surface area contributed by atoms with Crippen LogP contribution in [0.4, 0.5) is 4.39 Å². The van der Waals surface area contributed by atoms with E-state index in [1.807, 2.05) is 12.1 Å². The number of benzene rings is 2. The highest BCUT2D eigenvalue weighted by Crippen LogP contribution is 2.31. The van der Waals surface area contributed by atoms with Crippen LogP contribution in [0.1, 0.15) is 23.0 Å². The Bertz CT molecular complexity index is 933. The molecule has 0 aliphatic rings. The van der Waals surface area contributed by atoms with Crippen LogP contribution in [0.5, 0.6) is 5.75 Å². The largest absolute Gasteiger partial charge is 0.497 e. The third-order valence-electron chi connectivity index (χ3n) is 4.04. The number of hydrogen-bond donors (Lipinski definition) is 0. The fourth-order valence-corrected chi connectivity index (χ4v) is 2.77. The lowest BCUT2D eigenvalue weighted by Crippen LogP contribution is -2.08. The van der Waals surface area contributed by atoms with Crippen LogP contribution in [-0.4, -0.2) is 29.5 Å². The average Bonchev–Trinajstić information content (AvgIpc) is 2.99. The van der Waals surface area contributed by atoms with Gasteiger partial charge in [0.1, 0.15) is 17.3 Å². The molecule has 1 aromatic heterocycles. The number of rotatable bonds is 5. The fourth-order valence-electron chi connectivity index (χ4n) is 2.77. The van der Waals surface area contributed by atoms with E-state index in [0.717, 1.165) is 5.56 Å². The summed E-state index contributed by atoms with van der Waals surface area (Å²) in [6.45, 7) is 3.74. The van der Waals surface area contributed by atoms with Crippen molar-refractivity contribution in [3.8, 4) is 22.7 Å². The molecule has 0 radical (unpaired) electrons. The number of halogens is 1. The third-order valence-corrected chi connectivity index (χ3v) is 4.04. The van der Waals surface area contributed by atoms with E-state index in [0.29, 0.717) is 17.0 Å². The summed E-state index contributed by atoms with van der Waals surface area (Å²) in [4.78, 5) is 12.3. The number of nitrogens with zero attached hydrogens (tertiary/aromatic N) is 2. The number of ether oxygens (including phenoxy) is 2. The van der Waals surface area contributed by atoms with Gasteiger partial charge in [-0.2, -0.15) is 5.10 Å². The van der Waals surface area contributed by atoms with Crippen molar-refractivity contribution in [1.82, 2.24) is 9.78 Å². The maximum atomic E-state index is 14.4. The maximum Gasteiger partial charge on any atom is 0.359 e. The molecule has 0 aliphatic carbocycles. The number of para-hydroxylation sites is 1. The summed E-state index contributed by atoms with van der Waals surface area (Å²) in [6, 6.07) is 13.6. The molecule has 5 nitrogen and oxygen atoms in total. The van der Waals surface area contributed by atoms with Crippen molar-refractivity contribution in [2.24, 2.45) is 0 Å². The first-order valence-corrected chi connectivity index (χ1v) is 8.22. The Morgan fingerprint density at radius 3 is 2.46 bits per heavy atom. The summed E-state index contributed by atoms with van der Waals surface area (Å²) in [5.74, 6) is -0.260. The van der Waals surface area contributed by atoms with Crippen molar-refractivity contribution in [3.05, 3.63) is 65.6 Å². The molecular weight excluding hydrogens is 335 g/mol. The summed E-state index contributed by atoms with van der Waals surface area (Å²) >= 11 is 0. The Balaban J connectivity index is 2.23. The average molecular weight is 354 g/mol. The number of esters is 1. The first-order valence-electron chi connectivity index (χ1n) is 8.22. The SMILES string of the molecule is CCOC(=O)c1nn(-c2ccccc2F)c(-c2ccc(OC)cc2)c1C. The Morgan fingerprint density at radius 2 is 1.85 bits per heavy atom. The lowest BCUT2D eigenvalue weighted by molar-refractivity contribution is 0.0518.